The Labute approximate surface area is 172 Å². The molecule has 3 unspecified atom stereocenters. The van der Waals surface area contributed by atoms with Gasteiger partial charge in [-0.1, -0.05) is 66.0 Å². The number of allylic oxidation sites excluding steroid dienone is 2. The topological polar surface area (TPSA) is 75.6 Å². The molecule has 0 spiro atoms. The van der Waals surface area contributed by atoms with Crippen LogP contribution in [-0.2, 0) is 14.3 Å². The predicted molar refractivity (Wildman–Crippen MR) is 115 cm³/mol. The zero-order chi connectivity index (χ0) is 21.5. The number of esters is 1. The van der Waals surface area contributed by atoms with Crippen LogP contribution in [0, 0.1) is 23.7 Å². The number of carbonyl (C=O) groups excluding carboxylic acids is 2. The number of unbranched alkanes of at least 4 members (excludes halogenated alkanes) is 2. The van der Waals surface area contributed by atoms with Gasteiger partial charge in [0.05, 0.1) is 7.11 Å². The van der Waals surface area contributed by atoms with Crippen LogP contribution in [0.5, 0.6) is 0 Å². The first kappa shape index (κ1) is 26.6. The first-order valence-electron chi connectivity index (χ1n) is 10.9. The van der Waals surface area contributed by atoms with Gasteiger partial charge < -0.3 is 15.2 Å². The highest BCUT2D eigenvalue weighted by Crippen LogP contribution is 2.27. The molecule has 28 heavy (non-hydrogen) atoms. The smallest absolute Gasteiger partial charge is 0.328 e. The van der Waals surface area contributed by atoms with Gasteiger partial charge >= 0.3 is 5.97 Å². The van der Waals surface area contributed by atoms with Crippen LogP contribution < -0.4 is 5.32 Å². The van der Waals surface area contributed by atoms with E-state index in [0.717, 1.165) is 32.1 Å². The van der Waals surface area contributed by atoms with E-state index >= 15 is 0 Å². The maximum Gasteiger partial charge on any atom is 0.328 e. The Morgan fingerprint density at radius 3 is 2.21 bits per heavy atom. The van der Waals surface area contributed by atoms with Crippen LogP contribution in [0.25, 0.3) is 0 Å². The van der Waals surface area contributed by atoms with E-state index in [-0.39, 0.29) is 30.3 Å². The van der Waals surface area contributed by atoms with Crippen molar-refractivity contribution in [1.29, 1.82) is 0 Å². The Morgan fingerprint density at radius 1 is 1.04 bits per heavy atom. The maximum atomic E-state index is 13.2. The zero-order valence-electron chi connectivity index (χ0n) is 18.9. The number of rotatable bonds is 15. The number of amides is 1. The SMILES string of the molecule is CCCCCC(NC(=O)C(CC(C)C)C(/C=C/C(C)C)CCCO)C(=O)OC. The van der Waals surface area contributed by atoms with E-state index in [0.29, 0.717) is 24.7 Å². The number of ether oxygens (including phenoxy) is 1. The van der Waals surface area contributed by atoms with Gasteiger partial charge in [-0.15, -0.1) is 0 Å². The zero-order valence-corrected chi connectivity index (χ0v) is 18.9. The quantitative estimate of drug-likeness (QED) is 0.243. The number of hydrogen-bond donors (Lipinski definition) is 2. The molecule has 0 fully saturated rings. The largest absolute Gasteiger partial charge is 0.467 e. The third-order valence-corrected chi connectivity index (χ3v) is 4.92. The van der Waals surface area contributed by atoms with E-state index in [9.17, 15) is 14.7 Å². The summed E-state index contributed by atoms with van der Waals surface area (Å²) in [6.07, 6.45) is 9.97. The number of nitrogens with one attached hydrogen (secondary N) is 1. The molecule has 3 atom stereocenters. The molecule has 0 saturated heterocycles. The Morgan fingerprint density at radius 2 is 1.71 bits per heavy atom. The number of aliphatic hydroxyl groups is 1. The summed E-state index contributed by atoms with van der Waals surface area (Å²) in [4.78, 5) is 25.3. The van der Waals surface area contributed by atoms with E-state index in [1.54, 1.807) is 0 Å². The van der Waals surface area contributed by atoms with Crippen molar-refractivity contribution in [2.75, 3.05) is 13.7 Å². The Bertz CT molecular complexity index is 460. The van der Waals surface area contributed by atoms with Crippen molar-refractivity contribution in [3.05, 3.63) is 12.2 Å². The molecule has 0 bridgehead atoms. The van der Waals surface area contributed by atoms with Crippen LogP contribution >= 0.6 is 0 Å². The molecule has 0 aliphatic carbocycles. The Kier molecular flexibility index (Phi) is 14.8. The molecule has 2 N–H and O–H groups in total. The normalized spacial score (nSPS) is 15.0. The minimum atomic E-state index is -0.591. The van der Waals surface area contributed by atoms with Gasteiger partial charge in [-0.05, 0) is 43.4 Å². The van der Waals surface area contributed by atoms with Gasteiger partial charge in [-0.2, -0.15) is 0 Å². The lowest BCUT2D eigenvalue weighted by Crippen LogP contribution is -2.46. The third kappa shape index (κ3) is 11.5. The summed E-state index contributed by atoms with van der Waals surface area (Å²) >= 11 is 0. The van der Waals surface area contributed by atoms with Crippen LogP contribution in [0.4, 0.5) is 0 Å². The summed E-state index contributed by atoms with van der Waals surface area (Å²) in [6, 6.07) is -0.591. The van der Waals surface area contributed by atoms with Crippen molar-refractivity contribution in [2.45, 2.75) is 85.6 Å². The van der Waals surface area contributed by atoms with Crippen molar-refractivity contribution in [2.24, 2.45) is 23.7 Å². The van der Waals surface area contributed by atoms with Crippen molar-refractivity contribution in [3.8, 4) is 0 Å². The van der Waals surface area contributed by atoms with Gasteiger partial charge in [-0.25, -0.2) is 4.79 Å². The number of hydrogen-bond acceptors (Lipinski definition) is 4. The molecule has 0 aliphatic heterocycles. The van der Waals surface area contributed by atoms with Crippen LogP contribution in [0.1, 0.15) is 79.6 Å². The first-order chi connectivity index (χ1) is 13.3. The second-order valence-corrected chi connectivity index (χ2v) is 8.47. The molecule has 0 rings (SSSR count). The fourth-order valence-electron chi connectivity index (χ4n) is 3.38. The molecule has 0 aromatic carbocycles. The van der Waals surface area contributed by atoms with Crippen LogP contribution in [0.3, 0.4) is 0 Å². The fourth-order valence-corrected chi connectivity index (χ4v) is 3.38. The van der Waals surface area contributed by atoms with E-state index in [4.69, 9.17) is 4.74 Å². The fraction of sp³-hybridized carbons (Fsp3) is 0.826. The molecule has 0 aromatic rings. The average molecular weight is 398 g/mol. The summed E-state index contributed by atoms with van der Waals surface area (Å²) in [7, 11) is 1.36. The first-order valence-corrected chi connectivity index (χ1v) is 10.9. The molecule has 0 heterocycles. The molecule has 0 radical (unpaired) electrons. The highest BCUT2D eigenvalue weighted by Gasteiger charge is 2.30. The molecule has 1 amide bonds. The highest BCUT2D eigenvalue weighted by molar-refractivity contribution is 5.86. The number of aliphatic hydroxyl groups excluding tert-OH is 1. The van der Waals surface area contributed by atoms with E-state index in [1.807, 2.05) is 0 Å². The second kappa shape index (κ2) is 15.5. The molecule has 5 nitrogen and oxygen atoms in total. The van der Waals surface area contributed by atoms with Crippen molar-refractivity contribution in [3.63, 3.8) is 0 Å². The second-order valence-electron chi connectivity index (χ2n) is 8.47. The molecule has 0 aromatic heterocycles. The van der Waals surface area contributed by atoms with Gasteiger partial charge in [0.1, 0.15) is 6.04 Å². The van der Waals surface area contributed by atoms with Crippen LogP contribution in [-0.4, -0.2) is 36.7 Å². The van der Waals surface area contributed by atoms with Gasteiger partial charge in [-0.3, -0.25) is 4.79 Å². The van der Waals surface area contributed by atoms with E-state index < -0.39 is 6.04 Å². The monoisotopic (exact) mass is 397 g/mol. The van der Waals surface area contributed by atoms with Gasteiger partial charge in [0.25, 0.3) is 0 Å². The van der Waals surface area contributed by atoms with Gasteiger partial charge in [0, 0.05) is 12.5 Å². The van der Waals surface area contributed by atoms with Crippen LogP contribution in [0.2, 0.25) is 0 Å². The average Bonchev–Trinajstić information content (AvgIpc) is 2.64. The maximum absolute atomic E-state index is 13.2. The lowest BCUT2D eigenvalue weighted by molar-refractivity contribution is -0.146. The Hall–Kier alpha value is -1.36. The Balaban J connectivity index is 5.42. The summed E-state index contributed by atoms with van der Waals surface area (Å²) in [5.74, 6) is 0.118. The lowest BCUT2D eigenvalue weighted by atomic mass is 9.81. The summed E-state index contributed by atoms with van der Waals surface area (Å²) < 4.78 is 4.91. The third-order valence-electron chi connectivity index (χ3n) is 4.92. The molecule has 0 saturated carbocycles. The van der Waals surface area contributed by atoms with E-state index in [1.165, 1.54) is 7.11 Å². The summed E-state index contributed by atoms with van der Waals surface area (Å²) in [5.41, 5.74) is 0. The minimum absolute atomic E-state index is 0.0471. The molecule has 164 valence electrons. The summed E-state index contributed by atoms with van der Waals surface area (Å²) in [5, 5.41) is 12.2. The standard InChI is InChI=1S/C23H43NO4/c1-7-8-9-12-21(23(27)28-6)24-22(26)20(16-18(4)5)19(11-10-15-25)14-13-17(2)3/h13-14,17-21,25H,7-12,15-16H2,1-6H3,(H,24,26)/b14-13+. The molecular formula is C23H43NO4. The van der Waals surface area contributed by atoms with Crippen molar-refractivity contribution in [1.82, 2.24) is 5.32 Å². The van der Waals surface area contributed by atoms with Gasteiger partial charge in [0.2, 0.25) is 5.91 Å². The summed E-state index contributed by atoms with van der Waals surface area (Å²) in [6.45, 7) is 10.7. The molecule has 5 heteroatoms. The highest BCUT2D eigenvalue weighted by atomic mass is 16.5. The van der Waals surface area contributed by atoms with E-state index in [2.05, 4.69) is 52.1 Å². The van der Waals surface area contributed by atoms with Gasteiger partial charge in [0.15, 0.2) is 0 Å². The molecular weight excluding hydrogens is 354 g/mol. The van der Waals surface area contributed by atoms with Crippen molar-refractivity contribution >= 4 is 11.9 Å². The van der Waals surface area contributed by atoms with Crippen LogP contribution in [0.15, 0.2) is 12.2 Å². The predicted octanol–water partition coefficient (Wildman–Crippen LogP) is 4.49. The minimum Gasteiger partial charge on any atom is -0.467 e. The molecule has 0 aliphatic rings. The van der Waals surface area contributed by atoms with Crippen molar-refractivity contribution < 1.29 is 19.4 Å². The lowest BCUT2D eigenvalue weighted by Gasteiger charge is -2.28. The number of carbonyl (C=O) groups is 2. The number of methoxy groups -OCH3 is 1.